The van der Waals surface area contributed by atoms with E-state index in [9.17, 15) is 23.5 Å². The molecular formula is C35H52ClF2N3O5. The number of rotatable bonds is 10. The molecule has 1 amide bonds. The second kappa shape index (κ2) is 23.4. The number of ether oxygens (including phenoxy) is 2. The number of benzene rings is 1. The highest BCUT2D eigenvalue weighted by Crippen LogP contribution is 2.37. The van der Waals surface area contributed by atoms with E-state index in [1.165, 1.54) is 17.7 Å². The lowest BCUT2D eigenvalue weighted by Gasteiger charge is -2.30. The van der Waals surface area contributed by atoms with Crippen molar-refractivity contribution in [3.8, 4) is 11.5 Å². The van der Waals surface area contributed by atoms with E-state index in [0.29, 0.717) is 36.8 Å². The van der Waals surface area contributed by atoms with Gasteiger partial charge in [-0.25, -0.2) is 13.6 Å². The lowest BCUT2D eigenvalue weighted by atomic mass is 9.93. The largest absolute Gasteiger partial charge is 0.478 e. The van der Waals surface area contributed by atoms with E-state index in [-0.39, 0.29) is 16.8 Å². The van der Waals surface area contributed by atoms with Crippen LogP contribution in [0.1, 0.15) is 79.4 Å². The Kier molecular flexibility index (Phi) is 22.5. The van der Waals surface area contributed by atoms with E-state index in [4.69, 9.17) is 26.8 Å². The molecule has 3 rings (SSSR count). The summed E-state index contributed by atoms with van der Waals surface area (Å²) in [6.07, 6.45) is 9.29. The highest BCUT2D eigenvalue weighted by atomic mass is 35.5. The molecule has 1 atom stereocenters. The smallest absolute Gasteiger partial charge is 0.337 e. The summed E-state index contributed by atoms with van der Waals surface area (Å²) in [5, 5.41) is 12.2. The molecule has 258 valence electrons. The fourth-order valence-electron chi connectivity index (χ4n) is 3.98. The number of carboxylic acid groups (broad SMARTS) is 1. The standard InChI is InChI=1S/C18H22ClF2NO2.C10H13NO2.C3H5NO.2C2H6/c1-5-12(19)10-14(11(2)3)16(18(4,20)21)22-15-9-7-6-8-13(15)17(23)24;1-2-8-7(5-11)3-4-9-10(8)13-6-12-9;1-2-3(4)5;2*1-2/h5,8-10,16,22H,2,6-7H2,1,3-4H3,(H,23,24);3-4H,2,5-6,11H2,1H3;2H,1H2,(H2,4,5);2*1-2H3/b12-5+,14-10+;;;;. The Morgan fingerprint density at radius 3 is 2.17 bits per heavy atom. The van der Waals surface area contributed by atoms with Gasteiger partial charge in [0, 0.05) is 29.8 Å². The van der Waals surface area contributed by atoms with Crippen LogP contribution in [0.4, 0.5) is 8.78 Å². The molecule has 11 heteroatoms. The Hall–Kier alpha value is -3.89. The fourth-order valence-corrected chi connectivity index (χ4v) is 4.10. The molecule has 8 nitrogen and oxygen atoms in total. The predicted molar refractivity (Wildman–Crippen MR) is 185 cm³/mol. The van der Waals surface area contributed by atoms with Gasteiger partial charge in [0.15, 0.2) is 11.5 Å². The van der Waals surface area contributed by atoms with E-state index in [1.54, 1.807) is 26.0 Å². The highest BCUT2D eigenvalue weighted by molar-refractivity contribution is 6.31. The van der Waals surface area contributed by atoms with Crippen molar-refractivity contribution >= 4 is 23.5 Å². The van der Waals surface area contributed by atoms with Gasteiger partial charge in [0.25, 0.3) is 5.92 Å². The Labute approximate surface area is 278 Å². The molecule has 0 fully saturated rings. The normalized spacial score (nSPS) is 14.0. The van der Waals surface area contributed by atoms with Crippen LogP contribution in [0.15, 0.2) is 83.1 Å². The summed E-state index contributed by atoms with van der Waals surface area (Å²) in [7, 11) is 0. The van der Waals surface area contributed by atoms with Gasteiger partial charge in [0.1, 0.15) is 6.04 Å². The van der Waals surface area contributed by atoms with E-state index in [2.05, 4.69) is 31.1 Å². The van der Waals surface area contributed by atoms with Crippen LogP contribution in [-0.2, 0) is 22.6 Å². The van der Waals surface area contributed by atoms with E-state index >= 15 is 0 Å². The maximum atomic E-state index is 14.2. The summed E-state index contributed by atoms with van der Waals surface area (Å²) >= 11 is 5.97. The first kappa shape index (κ1) is 44.2. The Bertz CT molecular complexity index is 1280. The number of allylic oxidation sites excluding steroid dienone is 5. The second-order valence-electron chi connectivity index (χ2n) is 9.31. The third-order valence-electron chi connectivity index (χ3n) is 6.08. The Morgan fingerprint density at radius 1 is 1.17 bits per heavy atom. The van der Waals surface area contributed by atoms with Gasteiger partial charge < -0.3 is 31.4 Å². The van der Waals surface area contributed by atoms with Crippen molar-refractivity contribution < 1.29 is 33.0 Å². The lowest BCUT2D eigenvalue weighted by molar-refractivity contribution is -0.132. The number of primary amides is 1. The molecular weight excluding hydrogens is 616 g/mol. The predicted octanol–water partition coefficient (Wildman–Crippen LogP) is 8.08. The van der Waals surface area contributed by atoms with Crippen molar-refractivity contribution in [2.24, 2.45) is 11.5 Å². The topological polar surface area (TPSA) is 137 Å². The summed E-state index contributed by atoms with van der Waals surface area (Å²) < 4.78 is 39.1. The van der Waals surface area contributed by atoms with Gasteiger partial charge in [-0.1, -0.05) is 89.2 Å². The average molecular weight is 668 g/mol. The zero-order valence-corrected chi connectivity index (χ0v) is 29.2. The van der Waals surface area contributed by atoms with Gasteiger partial charge in [-0.05, 0) is 62.5 Å². The molecule has 1 aromatic rings. The van der Waals surface area contributed by atoms with Crippen molar-refractivity contribution in [3.05, 3.63) is 94.2 Å². The summed E-state index contributed by atoms with van der Waals surface area (Å²) in [4.78, 5) is 20.8. The van der Waals surface area contributed by atoms with Crippen molar-refractivity contribution in [1.29, 1.82) is 0 Å². The van der Waals surface area contributed by atoms with Gasteiger partial charge in [-0.2, -0.15) is 0 Å². The molecule has 46 heavy (non-hydrogen) atoms. The van der Waals surface area contributed by atoms with Crippen LogP contribution in [0, 0.1) is 0 Å². The number of carbonyl (C=O) groups excluding carboxylic acids is 1. The van der Waals surface area contributed by atoms with Crippen LogP contribution in [0.2, 0.25) is 0 Å². The number of hydrogen-bond acceptors (Lipinski definition) is 6. The zero-order valence-electron chi connectivity index (χ0n) is 28.4. The number of hydrogen-bond donors (Lipinski definition) is 4. The average Bonchev–Trinajstić information content (AvgIpc) is 3.53. The van der Waals surface area contributed by atoms with Gasteiger partial charge in [0.05, 0.1) is 5.57 Å². The summed E-state index contributed by atoms with van der Waals surface area (Å²) in [5.41, 5.74) is 13.3. The van der Waals surface area contributed by atoms with Crippen molar-refractivity contribution in [1.82, 2.24) is 5.32 Å². The zero-order chi connectivity index (χ0) is 36.0. The number of alkyl halides is 2. The van der Waals surface area contributed by atoms with Gasteiger partial charge >= 0.3 is 5.97 Å². The Balaban J connectivity index is 0. The minimum absolute atomic E-state index is 0.00584. The number of fused-ring (bicyclic) bond motifs is 1. The van der Waals surface area contributed by atoms with Crippen molar-refractivity contribution in [2.45, 2.75) is 93.2 Å². The molecule has 1 aliphatic carbocycles. The van der Waals surface area contributed by atoms with Crippen LogP contribution in [0.5, 0.6) is 11.5 Å². The third-order valence-corrected chi connectivity index (χ3v) is 6.40. The minimum atomic E-state index is -3.16. The second-order valence-corrected chi connectivity index (χ2v) is 9.74. The lowest BCUT2D eigenvalue weighted by Crippen LogP contribution is -2.45. The molecule has 0 radical (unpaired) electrons. The van der Waals surface area contributed by atoms with Crippen molar-refractivity contribution in [3.63, 3.8) is 0 Å². The monoisotopic (exact) mass is 667 g/mol. The number of aliphatic carboxylic acids is 1. The fraction of sp³-hybridized carbons (Fsp3) is 0.429. The Morgan fingerprint density at radius 2 is 1.74 bits per heavy atom. The van der Waals surface area contributed by atoms with E-state index in [0.717, 1.165) is 36.5 Å². The number of carbonyl (C=O) groups is 2. The first-order valence-corrected chi connectivity index (χ1v) is 15.6. The van der Waals surface area contributed by atoms with E-state index in [1.807, 2.05) is 39.8 Å². The molecule has 0 spiro atoms. The first-order chi connectivity index (χ1) is 21.7. The van der Waals surface area contributed by atoms with Crippen LogP contribution in [0.3, 0.4) is 0 Å². The molecule has 1 unspecified atom stereocenters. The summed E-state index contributed by atoms with van der Waals surface area (Å²) in [6.45, 7) is 21.9. The van der Waals surface area contributed by atoms with Gasteiger partial charge in [-0.15, -0.1) is 0 Å². The molecule has 6 N–H and O–H groups in total. The molecule has 1 aromatic carbocycles. The van der Waals surface area contributed by atoms with Gasteiger partial charge in [0.2, 0.25) is 12.7 Å². The van der Waals surface area contributed by atoms with Crippen LogP contribution >= 0.6 is 11.6 Å². The molecule has 1 aliphatic heterocycles. The number of nitrogens with one attached hydrogen (secondary N) is 1. The number of halogens is 3. The molecule has 2 aliphatic rings. The number of nitrogens with two attached hydrogens (primary N) is 2. The van der Waals surface area contributed by atoms with Crippen LogP contribution in [0.25, 0.3) is 0 Å². The van der Waals surface area contributed by atoms with Crippen LogP contribution in [-0.4, -0.2) is 35.7 Å². The van der Waals surface area contributed by atoms with Crippen molar-refractivity contribution in [2.75, 3.05) is 6.79 Å². The van der Waals surface area contributed by atoms with E-state index < -0.39 is 23.8 Å². The molecule has 0 saturated heterocycles. The highest BCUT2D eigenvalue weighted by Gasteiger charge is 2.38. The number of carboxylic acids is 1. The first-order valence-electron chi connectivity index (χ1n) is 15.2. The minimum Gasteiger partial charge on any atom is -0.478 e. The molecule has 0 saturated carbocycles. The third kappa shape index (κ3) is 14.9. The SMILES string of the molecule is C=C(C)/C(=C\C(Cl)=C/C)C(NC1=CCCC=C1C(=O)O)C(C)(F)F.C=CC(N)=O.CC.CC.CCc1c(CN)ccc2c1OCO2. The van der Waals surface area contributed by atoms with Gasteiger partial charge in [-0.3, -0.25) is 4.79 Å². The summed E-state index contributed by atoms with van der Waals surface area (Å²) in [5.74, 6) is -3.07. The quantitative estimate of drug-likeness (QED) is 0.146. The maximum absolute atomic E-state index is 14.2. The number of amides is 1. The molecule has 1 heterocycles. The molecule has 0 aromatic heterocycles. The maximum Gasteiger partial charge on any atom is 0.337 e. The summed E-state index contributed by atoms with van der Waals surface area (Å²) in [6, 6.07) is 2.48. The molecule has 0 bridgehead atoms. The van der Waals surface area contributed by atoms with Crippen LogP contribution < -0.4 is 26.3 Å².